The number of carbonyl (C=O) groups is 1. The van der Waals surface area contributed by atoms with Gasteiger partial charge in [0.1, 0.15) is 5.82 Å². The van der Waals surface area contributed by atoms with Crippen molar-refractivity contribution in [2.45, 2.75) is 26.4 Å². The van der Waals surface area contributed by atoms with Gasteiger partial charge < -0.3 is 14.6 Å². The van der Waals surface area contributed by atoms with Crippen LogP contribution in [0.4, 0.5) is 0 Å². The predicted molar refractivity (Wildman–Crippen MR) is 74.1 cm³/mol. The number of aliphatic carboxylic acids is 1. The second-order valence-electron chi connectivity index (χ2n) is 5.05. The molecule has 19 heavy (non-hydrogen) atoms. The van der Waals surface area contributed by atoms with Crippen molar-refractivity contribution in [1.82, 2.24) is 14.5 Å². The molecule has 5 nitrogen and oxygen atoms in total. The van der Waals surface area contributed by atoms with Crippen LogP contribution in [0.1, 0.15) is 17.8 Å². The van der Waals surface area contributed by atoms with Gasteiger partial charge in [0.05, 0.1) is 24.0 Å². The van der Waals surface area contributed by atoms with Gasteiger partial charge in [-0.15, -0.1) is 0 Å². The van der Waals surface area contributed by atoms with Crippen LogP contribution in [0.15, 0.2) is 18.2 Å². The van der Waals surface area contributed by atoms with Crippen molar-refractivity contribution in [3.05, 3.63) is 29.6 Å². The SMILES string of the molecule is Cc1ccc2c(c1)nc(CN(C)C)n2CCC(=O)O. The van der Waals surface area contributed by atoms with Gasteiger partial charge in [0.2, 0.25) is 0 Å². The summed E-state index contributed by atoms with van der Waals surface area (Å²) in [7, 11) is 3.96. The van der Waals surface area contributed by atoms with Crippen molar-refractivity contribution < 1.29 is 9.90 Å². The highest BCUT2D eigenvalue weighted by atomic mass is 16.4. The number of nitrogens with zero attached hydrogens (tertiary/aromatic N) is 3. The number of imidazole rings is 1. The number of fused-ring (bicyclic) bond motifs is 1. The Balaban J connectivity index is 2.45. The standard InChI is InChI=1S/C14H19N3O2/c1-10-4-5-12-11(8-10)15-13(9-16(2)3)17(12)7-6-14(18)19/h4-5,8H,6-7,9H2,1-3H3,(H,18,19). The van der Waals surface area contributed by atoms with E-state index < -0.39 is 5.97 Å². The van der Waals surface area contributed by atoms with Gasteiger partial charge in [0, 0.05) is 6.54 Å². The van der Waals surface area contributed by atoms with Crippen molar-refractivity contribution in [1.29, 1.82) is 0 Å². The molecular formula is C14H19N3O2. The molecule has 0 aliphatic heterocycles. The Labute approximate surface area is 112 Å². The lowest BCUT2D eigenvalue weighted by atomic mass is 10.2. The normalized spacial score (nSPS) is 11.4. The van der Waals surface area contributed by atoms with Crippen molar-refractivity contribution >= 4 is 17.0 Å². The molecule has 102 valence electrons. The van der Waals surface area contributed by atoms with E-state index in [0.717, 1.165) is 22.4 Å². The topological polar surface area (TPSA) is 58.4 Å². The molecule has 0 radical (unpaired) electrons. The van der Waals surface area contributed by atoms with Crippen LogP contribution < -0.4 is 0 Å². The Hall–Kier alpha value is -1.88. The summed E-state index contributed by atoms with van der Waals surface area (Å²) in [6.45, 7) is 3.19. The van der Waals surface area contributed by atoms with Crippen molar-refractivity contribution in [3.63, 3.8) is 0 Å². The van der Waals surface area contributed by atoms with Crippen LogP contribution in [0, 0.1) is 6.92 Å². The largest absolute Gasteiger partial charge is 0.481 e. The lowest BCUT2D eigenvalue weighted by Crippen LogP contribution is -2.16. The minimum absolute atomic E-state index is 0.111. The van der Waals surface area contributed by atoms with Crippen LogP contribution in [0.2, 0.25) is 0 Å². The maximum absolute atomic E-state index is 10.8. The molecule has 1 aromatic carbocycles. The lowest BCUT2D eigenvalue weighted by Gasteiger charge is -2.12. The zero-order valence-electron chi connectivity index (χ0n) is 11.6. The third-order valence-corrected chi connectivity index (χ3v) is 2.99. The summed E-state index contributed by atoms with van der Waals surface area (Å²) in [4.78, 5) is 17.4. The van der Waals surface area contributed by atoms with Gasteiger partial charge in [-0.1, -0.05) is 6.07 Å². The molecule has 5 heteroatoms. The summed E-state index contributed by atoms with van der Waals surface area (Å²) in [5.41, 5.74) is 3.10. The first kappa shape index (κ1) is 13.5. The fourth-order valence-electron chi connectivity index (χ4n) is 2.15. The van der Waals surface area contributed by atoms with Gasteiger partial charge in [-0.05, 0) is 38.7 Å². The van der Waals surface area contributed by atoms with E-state index in [4.69, 9.17) is 5.11 Å². The van der Waals surface area contributed by atoms with Crippen LogP contribution in [0.5, 0.6) is 0 Å². The Morgan fingerprint density at radius 3 is 2.79 bits per heavy atom. The van der Waals surface area contributed by atoms with Crippen LogP contribution >= 0.6 is 0 Å². The lowest BCUT2D eigenvalue weighted by molar-refractivity contribution is -0.137. The molecule has 0 atom stereocenters. The number of aromatic nitrogens is 2. The molecule has 0 spiro atoms. The highest BCUT2D eigenvalue weighted by Crippen LogP contribution is 2.19. The first-order valence-electron chi connectivity index (χ1n) is 6.29. The molecule has 2 aromatic rings. The summed E-state index contributed by atoms with van der Waals surface area (Å²) in [5.74, 6) is 0.122. The van der Waals surface area contributed by atoms with E-state index in [2.05, 4.69) is 4.98 Å². The number of carboxylic acid groups (broad SMARTS) is 1. The third kappa shape index (κ3) is 3.12. The maximum Gasteiger partial charge on any atom is 0.305 e. The van der Waals surface area contributed by atoms with Crippen molar-refractivity contribution in [2.75, 3.05) is 14.1 Å². The molecule has 1 N–H and O–H groups in total. The minimum atomic E-state index is -0.787. The van der Waals surface area contributed by atoms with Gasteiger partial charge in [-0.2, -0.15) is 0 Å². The van der Waals surface area contributed by atoms with E-state index in [9.17, 15) is 4.79 Å². The molecule has 0 unspecified atom stereocenters. The zero-order valence-corrected chi connectivity index (χ0v) is 11.6. The van der Waals surface area contributed by atoms with Crippen LogP contribution in [0.3, 0.4) is 0 Å². The Bertz CT molecular complexity index is 602. The van der Waals surface area contributed by atoms with Gasteiger partial charge in [-0.3, -0.25) is 4.79 Å². The highest BCUT2D eigenvalue weighted by Gasteiger charge is 2.12. The highest BCUT2D eigenvalue weighted by molar-refractivity contribution is 5.77. The fourth-order valence-corrected chi connectivity index (χ4v) is 2.15. The van der Waals surface area contributed by atoms with Gasteiger partial charge in [-0.25, -0.2) is 4.98 Å². The second kappa shape index (κ2) is 5.40. The van der Waals surface area contributed by atoms with E-state index >= 15 is 0 Å². The van der Waals surface area contributed by atoms with E-state index in [0.29, 0.717) is 13.1 Å². The number of rotatable bonds is 5. The average molecular weight is 261 g/mol. The Morgan fingerprint density at radius 2 is 2.16 bits per heavy atom. The average Bonchev–Trinajstić information content (AvgIpc) is 2.61. The Morgan fingerprint density at radius 1 is 1.42 bits per heavy atom. The number of aryl methyl sites for hydroxylation is 2. The monoisotopic (exact) mass is 261 g/mol. The van der Waals surface area contributed by atoms with Crippen molar-refractivity contribution in [3.8, 4) is 0 Å². The molecule has 1 aromatic heterocycles. The summed E-state index contributed by atoms with van der Waals surface area (Å²) < 4.78 is 2.00. The molecule has 0 saturated heterocycles. The second-order valence-corrected chi connectivity index (χ2v) is 5.05. The van der Waals surface area contributed by atoms with Crippen molar-refractivity contribution in [2.24, 2.45) is 0 Å². The Kier molecular flexibility index (Phi) is 3.85. The molecule has 0 amide bonds. The number of benzene rings is 1. The van der Waals surface area contributed by atoms with Gasteiger partial charge in [0.25, 0.3) is 0 Å². The molecule has 0 saturated carbocycles. The molecular weight excluding hydrogens is 242 g/mol. The molecule has 1 heterocycles. The fraction of sp³-hybridized carbons (Fsp3) is 0.429. The molecule has 0 bridgehead atoms. The zero-order chi connectivity index (χ0) is 14.0. The third-order valence-electron chi connectivity index (χ3n) is 2.99. The summed E-state index contributed by atoms with van der Waals surface area (Å²) in [6, 6.07) is 6.07. The van der Waals surface area contributed by atoms with Gasteiger partial charge in [0.15, 0.2) is 0 Å². The maximum atomic E-state index is 10.8. The van der Waals surface area contributed by atoms with Crippen LogP contribution in [-0.4, -0.2) is 39.6 Å². The summed E-state index contributed by atoms with van der Waals surface area (Å²) in [6.07, 6.45) is 0.111. The number of carboxylic acids is 1. The minimum Gasteiger partial charge on any atom is -0.481 e. The van der Waals surface area contributed by atoms with Gasteiger partial charge >= 0.3 is 5.97 Å². The quantitative estimate of drug-likeness (QED) is 0.892. The number of hydrogen-bond acceptors (Lipinski definition) is 3. The van der Waals surface area contributed by atoms with Crippen LogP contribution in [0.25, 0.3) is 11.0 Å². The first-order valence-corrected chi connectivity index (χ1v) is 6.29. The molecule has 0 aliphatic rings. The van der Waals surface area contributed by atoms with Crippen LogP contribution in [-0.2, 0) is 17.9 Å². The van der Waals surface area contributed by atoms with E-state index in [1.54, 1.807) is 0 Å². The summed E-state index contributed by atoms with van der Waals surface area (Å²) in [5, 5.41) is 8.86. The van der Waals surface area contributed by atoms with E-state index in [-0.39, 0.29) is 6.42 Å². The number of hydrogen-bond donors (Lipinski definition) is 1. The predicted octanol–water partition coefficient (Wildman–Crippen LogP) is 1.88. The van der Waals surface area contributed by atoms with E-state index in [1.165, 1.54) is 0 Å². The molecule has 2 rings (SSSR count). The van der Waals surface area contributed by atoms with E-state index in [1.807, 2.05) is 48.7 Å². The first-order chi connectivity index (χ1) is 8.97. The molecule has 0 fully saturated rings. The smallest absolute Gasteiger partial charge is 0.305 e. The summed E-state index contributed by atoms with van der Waals surface area (Å²) >= 11 is 0. The molecule has 0 aliphatic carbocycles.